The molecule has 0 heterocycles. The lowest BCUT2D eigenvalue weighted by atomic mass is 9.96. The van der Waals surface area contributed by atoms with Gasteiger partial charge in [0.25, 0.3) is 0 Å². The zero-order valence-corrected chi connectivity index (χ0v) is 13.8. The normalized spacial score (nSPS) is 12.3. The van der Waals surface area contributed by atoms with Gasteiger partial charge in [0.1, 0.15) is 5.57 Å². The van der Waals surface area contributed by atoms with E-state index >= 15 is 0 Å². The SMILES string of the molecule is CCCCCCOC(=O)C(C(=O)CC)=C(C)CC(C)C. The maximum absolute atomic E-state index is 12.1. The zero-order valence-electron chi connectivity index (χ0n) is 13.8. The number of ketones is 1. The van der Waals surface area contributed by atoms with E-state index in [1.54, 1.807) is 6.92 Å². The summed E-state index contributed by atoms with van der Waals surface area (Å²) in [6.07, 6.45) is 5.34. The molecule has 3 nitrogen and oxygen atoms in total. The van der Waals surface area contributed by atoms with Gasteiger partial charge in [-0.2, -0.15) is 0 Å². The maximum atomic E-state index is 12.1. The molecule has 0 N–H and O–H groups in total. The van der Waals surface area contributed by atoms with E-state index in [2.05, 4.69) is 20.8 Å². The van der Waals surface area contributed by atoms with Gasteiger partial charge in [0.2, 0.25) is 0 Å². The maximum Gasteiger partial charge on any atom is 0.341 e. The average molecular weight is 282 g/mol. The minimum atomic E-state index is -0.438. The van der Waals surface area contributed by atoms with Crippen molar-refractivity contribution in [3.8, 4) is 0 Å². The minimum Gasteiger partial charge on any atom is -0.462 e. The van der Waals surface area contributed by atoms with Crippen molar-refractivity contribution in [3.63, 3.8) is 0 Å². The molecule has 0 radical (unpaired) electrons. The highest BCUT2D eigenvalue weighted by molar-refractivity contribution is 6.17. The Kier molecular flexibility index (Phi) is 10.0. The first-order valence-corrected chi connectivity index (χ1v) is 7.84. The summed E-state index contributed by atoms with van der Waals surface area (Å²) in [7, 11) is 0. The van der Waals surface area contributed by atoms with Crippen LogP contribution in [0.5, 0.6) is 0 Å². The van der Waals surface area contributed by atoms with Gasteiger partial charge in [-0.15, -0.1) is 0 Å². The molecule has 0 fully saturated rings. The third kappa shape index (κ3) is 7.46. The van der Waals surface area contributed by atoms with Crippen molar-refractivity contribution < 1.29 is 14.3 Å². The molecule has 0 aliphatic rings. The van der Waals surface area contributed by atoms with E-state index in [-0.39, 0.29) is 11.4 Å². The lowest BCUT2D eigenvalue weighted by Gasteiger charge is -2.12. The Hall–Kier alpha value is -1.12. The van der Waals surface area contributed by atoms with Crippen LogP contribution in [0.25, 0.3) is 0 Å². The van der Waals surface area contributed by atoms with Crippen LogP contribution in [0, 0.1) is 5.92 Å². The van der Waals surface area contributed by atoms with Gasteiger partial charge in [-0.25, -0.2) is 4.79 Å². The Morgan fingerprint density at radius 2 is 1.70 bits per heavy atom. The van der Waals surface area contributed by atoms with Crippen molar-refractivity contribution in [1.29, 1.82) is 0 Å². The van der Waals surface area contributed by atoms with Gasteiger partial charge in [-0.3, -0.25) is 4.79 Å². The summed E-state index contributed by atoms with van der Waals surface area (Å²) in [5.74, 6) is -0.125. The third-order valence-electron chi connectivity index (χ3n) is 3.18. The van der Waals surface area contributed by atoms with Crippen molar-refractivity contribution in [2.24, 2.45) is 5.92 Å². The summed E-state index contributed by atoms with van der Waals surface area (Å²) < 4.78 is 5.26. The van der Waals surface area contributed by atoms with E-state index in [1.807, 2.05) is 6.92 Å². The summed E-state index contributed by atoms with van der Waals surface area (Å²) in [5, 5.41) is 0. The van der Waals surface area contributed by atoms with Crippen LogP contribution < -0.4 is 0 Å². The number of esters is 1. The molecule has 0 spiro atoms. The molecule has 0 atom stereocenters. The fourth-order valence-corrected chi connectivity index (χ4v) is 2.18. The topological polar surface area (TPSA) is 43.4 Å². The van der Waals surface area contributed by atoms with Crippen molar-refractivity contribution in [2.75, 3.05) is 6.61 Å². The Balaban J connectivity index is 4.63. The Bertz CT molecular complexity index is 340. The van der Waals surface area contributed by atoms with E-state index < -0.39 is 5.97 Å². The summed E-state index contributed by atoms with van der Waals surface area (Å²) in [5.41, 5.74) is 1.13. The Morgan fingerprint density at radius 1 is 1.05 bits per heavy atom. The van der Waals surface area contributed by atoms with E-state index in [4.69, 9.17) is 4.74 Å². The van der Waals surface area contributed by atoms with Crippen LogP contribution in [0.3, 0.4) is 0 Å². The fourth-order valence-electron chi connectivity index (χ4n) is 2.18. The molecule has 0 saturated heterocycles. The smallest absolute Gasteiger partial charge is 0.341 e. The van der Waals surface area contributed by atoms with Crippen LogP contribution in [-0.2, 0) is 14.3 Å². The largest absolute Gasteiger partial charge is 0.462 e. The summed E-state index contributed by atoms with van der Waals surface area (Å²) in [6.45, 7) is 10.3. The number of carbonyl (C=O) groups excluding carboxylic acids is 2. The number of unbranched alkanes of at least 4 members (excludes halogenated alkanes) is 3. The summed E-state index contributed by atoms with van der Waals surface area (Å²) >= 11 is 0. The van der Waals surface area contributed by atoms with Gasteiger partial charge in [0.05, 0.1) is 6.61 Å². The lowest BCUT2D eigenvalue weighted by Crippen LogP contribution is -2.18. The highest BCUT2D eigenvalue weighted by Gasteiger charge is 2.21. The minimum absolute atomic E-state index is 0.110. The molecule has 0 saturated carbocycles. The second-order valence-corrected chi connectivity index (χ2v) is 5.73. The molecular weight excluding hydrogens is 252 g/mol. The van der Waals surface area contributed by atoms with Crippen LogP contribution in [0.15, 0.2) is 11.1 Å². The second-order valence-electron chi connectivity index (χ2n) is 5.73. The first-order valence-electron chi connectivity index (χ1n) is 7.84. The number of ether oxygens (including phenoxy) is 1. The molecule has 0 aliphatic heterocycles. The monoisotopic (exact) mass is 282 g/mol. The van der Waals surface area contributed by atoms with E-state index in [0.717, 1.165) is 37.7 Å². The van der Waals surface area contributed by atoms with E-state index in [1.165, 1.54) is 0 Å². The molecule has 0 bridgehead atoms. The van der Waals surface area contributed by atoms with Crippen LogP contribution in [-0.4, -0.2) is 18.4 Å². The molecule has 0 aromatic rings. The van der Waals surface area contributed by atoms with Gasteiger partial charge in [0, 0.05) is 6.42 Å². The number of Topliss-reactive ketones (excluding diaryl/α,β-unsaturated/α-hetero) is 1. The molecule has 0 aromatic carbocycles. The van der Waals surface area contributed by atoms with Crippen LogP contribution in [0.4, 0.5) is 0 Å². The van der Waals surface area contributed by atoms with Crippen LogP contribution >= 0.6 is 0 Å². The van der Waals surface area contributed by atoms with Crippen LogP contribution in [0.1, 0.15) is 73.1 Å². The highest BCUT2D eigenvalue weighted by atomic mass is 16.5. The molecular formula is C17H30O3. The van der Waals surface area contributed by atoms with Gasteiger partial charge in [-0.05, 0) is 25.7 Å². The molecule has 0 rings (SSSR count). The Morgan fingerprint density at radius 3 is 2.20 bits per heavy atom. The van der Waals surface area contributed by atoms with Gasteiger partial charge >= 0.3 is 5.97 Å². The van der Waals surface area contributed by atoms with Crippen molar-refractivity contribution in [2.45, 2.75) is 73.1 Å². The average Bonchev–Trinajstić information content (AvgIpc) is 2.37. The predicted molar refractivity (Wildman–Crippen MR) is 82.6 cm³/mol. The van der Waals surface area contributed by atoms with Crippen molar-refractivity contribution in [1.82, 2.24) is 0 Å². The third-order valence-corrected chi connectivity index (χ3v) is 3.18. The summed E-state index contributed by atoms with van der Waals surface area (Å²) in [6, 6.07) is 0. The van der Waals surface area contributed by atoms with Crippen molar-refractivity contribution >= 4 is 11.8 Å². The van der Waals surface area contributed by atoms with Gasteiger partial charge in [0.15, 0.2) is 5.78 Å². The number of allylic oxidation sites excluding steroid dienone is 1. The molecule has 0 unspecified atom stereocenters. The fraction of sp³-hybridized carbons (Fsp3) is 0.765. The molecule has 20 heavy (non-hydrogen) atoms. The quantitative estimate of drug-likeness (QED) is 0.195. The molecule has 116 valence electrons. The number of rotatable bonds is 10. The van der Waals surface area contributed by atoms with E-state index in [0.29, 0.717) is 18.9 Å². The predicted octanol–water partition coefficient (Wildman–Crippen LogP) is 4.45. The van der Waals surface area contributed by atoms with Gasteiger partial charge < -0.3 is 4.74 Å². The Labute approximate surface area is 123 Å². The van der Waals surface area contributed by atoms with E-state index in [9.17, 15) is 9.59 Å². The lowest BCUT2D eigenvalue weighted by molar-refractivity contribution is -0.140. The highest BCUT2D eigenvalue weighted by Crippen LogP contribution is 2.18. The molecule has 0 amide bonds. The van der Waals surface area contributed by atoms with Gasteiger partial charge in [-0.1, -0.05) is 52.5 Å². The number of carbonyl (C=O) groups is 2. The first kappa shape index (κ1) is 18.9. The summed E-state index contributed by atoms with van der Waals surface area (Å²) in [4.78, 5) is 24.1. The van der Waals surface area contributed by atoms with Crippen LogP contribution in [0.2, 0.25) is 0 Å². The number of hydrogen-bond donors (Lipinski definition) is 0. The standard InChI is InChI=1S/C17H30O3/c1-6-8-9-10-11-20-17(19)16(15(18)7-2)14(5)12-13(3)4/h13H,6-12H2,1-5H3. The number of hydrogen-bond acceptors (Lipinski definition) is 3. The molecule has 3 heteroatoms. The second kappa shape index (κ2) is 10.6. The molecule has 0 aromatic heterocycles. The zero-order chi connectivity index (χ0) is 15.5. The molecule has 0 aliphatic carbocycles. The van der Waals surface area contributed by atoms with Crippen molar-refractivity contribution in [3.05, 3.63) is 11.1 Å². The first-order chi connectivity index (χ1) is 9.43.